The second kappa shape index (κ2) is 14.3. The number of terminal acetylenes is 1. The molecule has 3 atom stereocenters. The van der Waals surface area contributed by atoms with Crippen LogP contribution in [0.15, 0.2) is 34.3 Å². The predicted octanol–water partition coefficient (Wildman–Crippen LogP) is 4.03. The molecule has 1 aliphatic heterocycles. The number of hydrogen-bond acceptors (Lipinski definition) is 10. The molecule has 12 heteroatoms. The number of nitrogens with zero attached hydrogens (tertiary/aromatic N) is 3. The lowest BCUT2D eigenvalue weighted by Crippen LogP contribution is -2.48. The molecule has 1 saturated carbocycles. The molecular formula is C33H38N4O7S. The van der Waals surface area contributed by atoms with Crippen molar-refractivity contribution in [3.63, 3.8) is 0 Å². The van der Waals surface area contributed by atoms with Gasteiger partial charge in [-0.05, 0) is 42.5 Å². The van der Waals surface area contributed by atoms with Gasteiger partial charge in [0, 0.05) is 44.0 Å². The Morgan fingerprint density at radius 3 is 2.73 bits per heavy atom. The molecule has 45 heavy (non-hydrogen) atoms. The molecule has 2 fully saturated rings. The predicted molar refractivity (Wildman–Crippen MR) is 167 cm³/mol. The molecule has 0 radical (unpaired) electrons. The normalized spacial score (nSPS) is 19.4. The highest BCUT2D eigenvalue weighted by Crippen LogP contribution is 2.35. The second-order valence-electron chi connectivity index (χ2n) is 11.8. The minimum absolute atomic E-state index is 0.00746. The maximum absolute atomic E-state index is 13.8. The Hall–Kier alpha value is -4.21. The smallest absolute Gasteiger partial charge is 0.255 e. The SMILES string of the molecule is C#CCOc1cc(C(C(=O)N2C[C@H](O)C[C@H]2C(=O)NCc2ccc(-c3scnc3C)cc2OC2CCC(=O)CC2)C(C)C)on1. The molecule has 3 aromatic rings. The van der Waals surface area contributed by atoms with E-state index in [1.54, 1.807) is 16.8 Å². The average Bonchev–Trinajstić information content (AvgIpc) is 3.76. The number of nitrogens with one attached hydrogen (secondary N) is 1. The van der Waals surface area contributed by atoms with E-state index in [2.05, 4.69) is 21.4 Å². The lowest BCUT2D eigenvalue weighted by molar-refractivity contribution is -0.141. The first-order valence-electron chi connectivity index (χ1n) is 15.2. The van der Waals surface area contributed by atoms with Crippen molar-refractivity contribution in [3.8, 4) is 34.4 Å². The van der Waals surface area contributed by atoms with E-state index in [1.807, 2.05) is 39.0 Å². The van der Waals surface area contributed by atoms with Crippen LogP contribution in [0.5, 0.6) is 11.6 Å². The molecule has 1 aromatic carbocycles. The summed E-state index contributed by atoms with van der Waals surface area (Å²) >= 11 is 1.54. The third-order valence-electron chi connectivity index (χ3n) is 8.23. The molecule has 11 nitrogen and oxygen atoms in total. The number of likely N-dealkylation sites (tertiary alicyclic amines) is 1. The lowest BCUT2D eigenvalue weighted by atomic mass is 9.91. The number of ether oxygens (including phenoxy) is 2. The van der Waals surface area contributed by atoms with Crippen molar-refractivity contribution >= 4 is 28.9 Å². The zero-order chi connectivity index (χ0) is 32.1. The van der Waals surface area contributed by atoms with Crippen molar-refractivity contribution in [1.82, 2.24) is 20.4 Å². The Balaban J connectivity index is 1.32. The van der Waals surface area contributed by atoms with E-state index < -0.39 is 18.1 Å². The van der Waals surface area contributed by atoms with E-state index in [1.165, 1.54) is 11.0 Å². The highest BCUT2D eigenvalue weighted by Gasteiger charge is 2.43. The van der Waals surface area contributed by atoms with Gasteiger partial charge in [-0.1, -0.05) is 31.9 Å². The molecule has 3 heterocycles. The van der Waals surface area contributed by atoms with Gasteiger partial charge in [-0.2, -0.15) is 0 Å². The Bertz CT molecular complexity index is 1560. The Kier molecular flexibility index (Phi) is 10.2. The number of aliphatic hydroxyl groups excluding tert-OH is 1. The summed E-state index contributed by atoms with van der Waals surface area (Å²) in [7, 11) is 0. The molecule has 1 aliphatic carbocycles. The number of aliphatic hydroxyl groups is 1. The number of hydrogen-bond donors (Lipinski definition) is 2. The summed E-state index contributed by atoms with van der Waals surface area (Å²) in [5.74, 6) is 2.04. The van der Waals surface area contributed by atoms with E-state index in [0.29, 0.717) is 37.2 Å². The van der Waals surface area contributed by atoms with Crippen LogP contribution in [0.3, 0.4) is 0 Å². The topological polar surface area (TPSA) is 144 Å². The van der Waals surface area contributed by atoms with E-state index in [0.717, 1.165) is 21.7 Å². The van der Waals surface area contributed by atoms with E-state index in [4.69, 9.17) is 20.4 Å². The Labute approximate surface area is 266 Å². The quantitative estimate of drug-likeness (QED) is 0.299. The number of aryl methyl sites for hydroxylation is 1. The van der Waals surface area contributed by atoms with Crippen LogP contribution in [-0.2, 0) is 20.9 Å². The number of carbonyl (C=O) groups excluding carboxylic acids is 3. The molecule has 0 bridgehead atoms. The fourth-order valence-electron chi connectivity index (χ4n) is 5.86. The number of aromatic nitrogens is 2. The van der Waals surface area contributed by atoms with Crippen LogP contribution >= 0.6 is 11.3 Å². The minimum Gasteiger partial charge on any atom is -0.490 e. The third kappa shape index (κ3) is 7.54. The van der Waals surface area contributed by atoms with E-state index in [-0.39, 0.29) is 61.6 Å². The molecule has 238 valence electrons. The standard InChI is InChI=1S/C33H38N4O7S/c1-5-12-42-29-15-28(44-36-29)30(19(2)3)33(41)37-17-24(39)14-26(37)32(40)34-16-22-7-6-21(31-20(4)35-18-45-31)13-27(22)43-25-10-8-23(38)9-11-25/h1,6-7,13,15,18-19,24-26,30,39H,8-12,14,16-17H2,2-4H3,(H,34,40)/t24-,26+,30?/m1/s1. The fourth-order valence-corrected chi connectivity index (χ4v) is 6.67. The van der Waals surface area contributed by atoms with Gasteiger partial charge < -0.3 is 29.3 Å². The maximum atomic E-state index is 13.8. The highest BCUT2D eigenvalue weighted by atomic mass is 32.1. The van der Waals surface area contributed by atoms with Crippen LogP contribution < -0.4 is 14.8 Å². The molecule has 1 saturated heterocycles. The number of benzene rings is 1. The van der Waals surface area contributed by atoms with Crippen LogP contribution in [0.4, 0.5) is 0 Å². The number of ketones is 1. The maximum Gasteiger partial charge on any atom is 0.255 e. The molecule has 0 spiro atoms. The van der Waals surface area contributed by atoms with Crippen LogP contribution in [0.2, 0.25) is 0 Å². The van der Waals surface area contributed by atoms with E-state index >= 15 is 0 Å². The molecule has 2 aromatic heterocycles. The van der Waals surface area contributed by atoms with Crippen molar-refractivity contribution in [3.05, 3.63) is 46.8 Å². The van der Waals surface area contributed by atoms with Gasteiger partial charge in [0.1, 0.15) is 23.5 Å². The summed E-state index contributed by atoms with van der Waals surface area (Å²) in [5.41, 5.74) is 4.44. The van der Waals surface area contributed by atoms with E-state index in [9.17, 15) is 19.5 Å². The first kappa shape index (κ1) is 32.2. The molecule has 1 unspecified atom stereocenters. The summed E-state index contributed by atoms with van der Waals surface area (Å²) in [6.45, 7) is 5.88. The fraction of sp³-hybridized carbons (Fsp3) is 0.485. The van der Waals surface area contributed by atoms with Crippen LogP contribution in [0, 0.1) is 25.2 Å². The average molecular weight is 635 g/mol. The minimum atomic E-state index is -0.873. The Morgan fingerprint density at radius 2 is 2.04 bits per heavy atom. The number of rotatable bonds is 11. The lowest BCUT2D eigenvalue weighted by Gasteiger charge is -2.29. The van der Waals surface area contributed by atoms with Crippen LogP contribution in [-0.4, -0.2) is 69.1 Å². The van der Waals surface area contributed by atoms with Gasteiger partial charge in [-0.3, -0.25) is 14.4 Å². The monoisotopic (exact) mass is 634 g/mol. The zero-order valence-electron chi connectivity index (χ0n) is 25.7. The summed E-state index contributed by atoms with van der Waals surface area (Å²) in [6, 6.07) is 6.51. The highest BCUT2D eigenvalue weighted by molar-refractivity contribution is 7.13. The molecular weight excluding hydrogens is 596 g/mol. The first-order chi connectivity index (χ1) is 21.6. The summed E-state index contributed by atoms with van der Waals surface area (Å²) < 4.78 is 17.2. The van der Waals surface area contributed by atoms with Crippen LogP contribution in [0.1, 0.15) is 68.9 Å². The van der Waals surface area contributed by atoms with Gasteiger partial charge in [-0.25, -0.2) is 4.98 Å². The number of β-amino-alcohol motifs (C(OH)–C–C–N with tert-alkyl or cyclic N) is 1. The van der Waals surface area contributed by atoms with Gasteiger partial charge in [0.25, 0.3) is 5.88 Å². The van der Waals surface area contributed by atoms with Crippen molar-refractivity contribution in [2.75, 3.05) is 13.2 Å². The molecule has 2 aliphatic rings. The van der Waals surface area contributed by atoms with Gasteiger partial charge in [0.05, 0.1) is 28.3 Å². The van der Waals surface area contributed by atoms with Gasteiger partial charge >= 0.3 is 0 Å². The summed E-state index contributed by atoms with van der Waals surface area (Å²) in [5, 5.41) is 17.4. The molecule has 2 N–H and O–H groups in total. The molecule has 5 rings (SSSR count). The summed E-state index contributed by atoms with van der Waals surface area (Å²) in [6.07, 6.45) is 6.67. The van der Waals surface area contributed by atoms with Crippen molar-refractivity contribution < 1.29 is 33.5 Å². The van der Waals surface area contributed by atoms with Crippen molar-refractivity contribution in [1.29, 1.82) is 0 Å². The van der Waals surface area contributed by atoms with Gasteiger partial charge in [-0.15, -0.1) is 17.8 Å². The van der Waals surface area contributed by atoms with Gasteiger partial charge in [0.2, 0.25) is 11.8 Å². The molecule has 2 amide bonds. The first-order valence-corrected chi connectivity index (χ1v) is 16.0. The van der Waals surface area contributed by atoms with Gasteiger partial charge in [0.15, 0.2) is 12.4 Å². The van der Waals surface area contributed by atoms with Crippen LogP contribution in [0.25, 0.3) is 10.4 Å². The van der Waals surface area contributed by atoms with Crippen molar-refractivity contribution in [2.24, 2.45) is 5.92 Å². The summed E-state index contributed by atoms with van der Waals surface area (Å²) in [4.78, 5) is 46.1. The number of thiazole rings is 1. The number of amides is 2. The zero-order valence-corrected chi connectivity index (χ0v) is 26.5. The largest absolute Gasteiger partial charge is 0.490 e. The van der Waals surface area contributed by atoms with Crippen molar-refractivity contribution in [2.45, 2.75) is 83.6 Å². The number of carbonyl (C=O) groups is 3. The Morgan fingerprint density at radius 1 is 1.27 bits per heavy atom. The third-order valence-corrected chi connectivity index (χ3v) is 9.20. The second-order valence-corrected chi connectivity index (χ2v) is 12.7. The number of Topliss-reactive ketones (excluding diaryl/α,β-unsaturated/α-hetero) is 1.